The standard InChI is InChI=1S/C12H11BrF3N3/c13-10-4-2-1-3-9(10)11(5-17)19-7-8(6-18-19)12(14,15)16/h1-4,6-7,11H,5,17H2. The average Bonchev–Trinajstić information content (AvgIpc) is 2.82. The molecule has 0 radical (unpaired) electrons. The van der Waals surface area contributed by atoms with Crippen molar-refractivity contribution in [1.82, 2.24) is 9.78 Å². The number of nitrogens with zero attached hydrogens (tertiary/aromatic N) is 2. The minimum absolute atomic E-state index is 0.154. The number of aromatic nitrogens is 2. The normalized spacial score (nSPS) is 13.5. The van der Waals surface area contributed by atoms with Crippen LogP contribution in [0.15, 0.2) is 41.1 Å². The van der Waals surface area contributed by atoms with Crippen molar-refractivity contribution in [2.45, 2.75) is 12.2 Å². The Morgan fingerprint density at radius 3 is 2.53 bits per heavy atom. The van der Waals surface area contributed by atoms with Gasteiger partial charge in [0.2, 0.25) is 0 Å². The molecule has 0 aliphatic rings. The Hall–Kier alpha value is -1.34. The predicted octanol–water partition coefficient (Wildman–Crippen LogP) is 3.21. The Labute approximate surface area is 116 Å². The van der Waals surface area contributed by atoms with E-state index in [1.165, 1.54) is 4.68 Å². The molecule has 1 unspecified atom stereocenters. The first-order valence-electron chi connectivity index (χ1n) is 5.49. The van der Waals surface area contributed by atoms with Crippen molar-refractivity contribution in [3.8, 4) is 0 Å². The molecule has 0 aliphatic carbocycles. The van der Waals surface area contributed by atoms with Gasteiger partial charge in [-0.1, -0.05) is 34.1 Å². The fourth-order valence-electron chi connectivity index (χ4n) is 1.78. The van der Waals surface area contributed by atoms with Crippen LogP contribution >= 0.6 is 15.9 Å². The first-order chi connectivity index (χ1) is 8.93. The fraction of sp³-hybridized carbons (Fsp3) is 0.250. The van der Waals surface area contributed by atoms with Gasteiger partial charge in [0.25, 0.3) is 0 Å². The molecule has 102 valence electrons. The number of nitrogens with two attached hydrogens (primary N) is 1. The number of hydrogen-bond donors (Lipinski definition) is 1. The topological polar surface area (TPSA) is 43.8 Å². The highest BCUT2D eigenvalue weighted by atomic mass is 79.9. The van der Waals surface area contributed by atoms with Crippen LogP contribution in [0.1, 0.15) is 17.2 Å². The smallest absolute Gasteiger partial charge is 0.328 e. The molecule has 0 spiro atoms. The molecule has 2 aromatic rings. The highest BCUT2D eigenvalue weighted by Crippen LogP contribution is 2.31. The number of hydrogen-bond acceptors (Lipinski definition) is 2. The molecule has 7 heteroatoms. The Kier molecular flexibility index (Phi) is 3.96. The summed E-state index contributed by atoms with van der Waals surface area (Å²) >= 11 is 3.36. The molecule has 0 aliphatic heterocycles. The van der Waals surface area contributed by atoms with Crippen molar-refractivity contribution in [2.75, 3.05) is 6.54 Å². The molecular weight excluding hydrogens is 323 g/mol. The number of halogens is 4. The van der Waals surface area contributed by atoms with Crippen LogP contribution in [0, 0.1) is 0 Å². The second-order valence-corrected chi connectivity index (χ2v) is 4.83. The molecule has 1 atom stereocenters. The van der Waals surface area contributed by atoms with E-state index in [9.17, 15) is 13.2 Å². The second-order valence-electron chi connectivity index (χ2n) is 3.98. The lowest BCUT2D eigenvalue weighted by Gasteiger charge is -2.17. The van der Waals surface area contributed by atoms with E-state index in [1.54, 1.807) is 12.1 Å². The molecule has 0 bridgehead atoms. The third-order valence-electron chi connectivity index (χ3n) is 2.74. The van der Waals surface area contributed by atoms with Gasteiger partial charge in [-0.2, -0.15) is 18.3 Å². The number of benzene rings is 1. The van der Waals surface area contributed by atoms with Gasteiger partial charge in [-0.3, -0.25) is 4.68 Å². The molecule has 3 nitrogen and oxygen atoms in total. The highest BCUT2D eigenvalue weighted by molar-refractivity contribution is 9.10. The van der Waals surface area contributed by atoms with Gasteiger partial charge in [0.1, 0.15) is 0 Å². The van der Waals surface area contributed by atoms with Gasteiger partial charge in [-0.05, 0) is 11.6 Å². The average molecular weight is 334 g/mol. The zero-order valence-corrected chi connectivity index (χ0v) is 11.3. The van der Waals surface area contributed by atoms with Crippen LogP contribution in [0.25, 0.3) is 0 Å². The lowest BCUT2D eigenvalue weighted by Crippen LogP contribution is -2.21. The van der Waals surface area contributed by atoms with E-state index in [2.05, 4.69) is 21.0 Å². The van der Waals surface area contributed by atoms with Crippen LogP contribution < -0.4 is 5.73 Å². The molecule has 1 aromatic carbocycles. The van der Waals surface area contributed by atoms with Crippen molar-refractivity contribution in [3.05, 3.63) is 52.3 Å². The molecule has 2 rings (SSSR count). The first kappa shape index (κ1) is 14.1. The van der Waals surface area contributed by atoms with Gasteiger partial charge in [0.15, 0.2) is 0 Å². The molecule has 19 heavy (non-hydrogen) atoms. The fourth-order valence-corrected chi connectivity index (χ4v) is 2.33. The van der Waals surface area contributed by atoms with Gasteiger partial charge in [-0.25, -0.2) is 0 Å². The van der Waals surface area contributed by atoms with Crippen LogP contribution in [0.2, 0.25) is 0 Å². The summed E-state index contributed by atoms with van der Waals surface area (Å²) in [5.74, 6) is 0. The zero-order valence-electron chi connectivity index (χ0n) is 9.73. The quantitative estimate of drug-likeness (QED) is 0.937. The lowest BCUT2D eigenvalue weighted by molar-refractivity contribution is -0.137. The maximum Gasteiger partial charge on any atom is 0.419 e. The largest absolute Gasteiger partial charge is 0.419 e. The molecule has 1 heterocycles. The van der Waals surface area contributed by atoms with E-state index >= 15 is 0 Å². The van der Waals surface area contributed by atoms with Gasteiger partial charge in [0, 0.05) is 17.2 Å². The minimum Gasteiger partial charge on any atom is -0.328 e. The van der Waals surface area contributed by atoms with Gasteiger partial charge < -0.3 is 5.73 Å². The van der Waals surface area contributed by atoms with E-state index in [-0.39, 0.29) is 6.54 Å². The van der Waals surface area contributed by atoms with E-state index in [1.807, 2.05) is 12.1 Å². The molecule has 0 saturated carbocycles. The van der Waals surface area contributed by atoms with Crippen LogP contribution in [-0.2, 0) is 6.18 Å². The molecule has 0 fully saturated rings. The van der Waals surface area contributed by atoms with Crippen molar-refractivity contribution < 1.29 is 13.2 Å². The molecule has 0 amide bonds. The Bertz CT molecular complexity index is 565. The lowest BCUT2D eigenvalue weighted by atomic mass is 10.1. The number of alkyl halides is 3. The van der Waals surface area contributed by atoms with Crippen LogP contribution in [0.5, 0.6) is 0 Å². The Morgan fingerprint density at radius 2 is 2.00 bits per heavy atom. The Morgan fingerprint density at radius 1 is 1.32 bits per heavy atom. The molecular formula is C12H11BrF3N3. The van der Waals surface area contributed by atoms with Crippen LogP contribution in [0.4, 0.5) is 13.2 Å². The van der Waals surface area contributed by atoms with Gasteiger partial charge in [0.05, 0.1) is 17.8 Å². The van der Waals surface area contributed by atoms with Crippen molar-refractivity contribution in [1.29, 1.82) is 0 Å². The van der Waals surface area contributed by atoms with E-state index in [4.69, 9.17) is 5.73 Å². The monoisotopic (exact) mass is 333 g/mol. The summed E-state index contributed by atoms with van der Waals surface area (Å²) < 4.78 is 39.7. The summed E-state index contributed by atoms with van der Waals surface area (Å²) in [6.45, 7) is 0.154. The minimum atomic E-state index is -4.40. The van der Waals surface area contributed by atoms with Crippen molar-refractivity contribution >= 4 is 15.9 Å². The summed E-state index contributed by atoms with van der Waals surface area (Å²) in [6.07, 6.45) is -2.62. The maximum absolute atomic E-state index is 12.6. The van der Waals surface area contributed by atoms with E-state index < -0.39 is 17.8 Å². The van der Waals surface area contributed by atoms with Crippen LogP contribution in [-0.4, -0.2) is 16.3 Å². The summed E-state index contributed by atoms with van der Waals surface area (Å²) in [6, 6.07) is 6.80. The SMILES string of the molecule is NCC(c1ccccc1Br)n1cc(C(F)(F)F)cn1. The summed E-state index contributed by atoms with van der Waals surface area (Å²) in [7, 11) is 0. The predicted molar refractivity (Wildman–Crippen MR) is 68.6 cm³/mol. The molecule has 2 N–H and O–H groups in total. The summed E-state index contributed by atoms with van der Waals surface area (Å²) in [5, 5.41) is 3.77. The van der Waals surface area contributed by atoms with Crippen molar-refractivity contribution in [3.63, 3.8) is 0 Å². The van der Waals surface area contributed by atoms with Crippen molar-refractivity contribution in [2.24, 2.45) is 5.73 Å². The summed E-state index contributed by atoms with van der Waals surface area (Å²) in [5.41, 5.74) is 5.67. The van der Waals surface area contributed by atoms with E-state index in [0.717, 1.165) is 22.4 Å². The highest BCUT2D eigenvalue weighted by Gasteiger charge is 2.33. The number of rotatable bonds is 3. The maximum atomic E-state index is 12.6. The first-order valence-corrected chi connectivity index (χ1v) is 6.28. The molecule has 1 aromatic heterocycles. The van der Waals surface area contributed by atoms with Gasteiger partial charge >= 0.3 is 6.18 Å². The van der Waals surface area contributed by atoms with Gasteiger partial charge in [-0.15, -0.1) is 0 Å². The summed E-state index contributed by atoms with van der Waals surface area (Å²) in [4.78, 5) is 0. The van der Waals surface area contributed by atoms with E-state index in [0.29, 0.717) is 0 Å². The Balaban J connectivity index is 2.38. The van der Waals surface area contributed by atoms with Crippen LogP contribution in [0.3, 0.4) is 0 Å². The third-order valence-corrected chi connectivity index (χ3v) is 3.46. The zero-order chi connectivity index (χ0) is 14.0. The second kappa shape index (κ2) is 5.34. The third kappa shape index (κ3) is 2.98. The molecule has 0 saturated heterocycles.